The maximum atomic E-state index is 14.1. The van der Waals surface area contributed by atoms with Crippen LogP contribution in [0.4, 0.5) is 21.0 Å². The molecule has 2 aromatic carbocycles. The predicted octanol–water partition coefficient (Wildman–Crippen LogP) is 4.58. The zero-order valence-corrected chi connectivity index (χ0v) is 17.5. The molecule has 0 radical (unpaired) electrons. The molecule has 3 aliphatic heterocycles. The minimum absolute atomic E-state index is 0.283. The number of amides is 3. The molecule has 4 heterocycles. The predicted molar refractivity (Wildman–Crippen MR) is 116 cm³/mol. The van der Waals surface area contributed by atoms with Crippen LogP contribution in [0.2, 0.25) is 0 Å². The average Bonchev–Trinajstić information content (AvgIpc) is 3.50. The van der Waals surface area contributed by atoms with E-state index >= 15 is 0 Å². The van der Waals surface area contributed by atoms with Gasteiger partial charge < -0.3 is 9.47 Å². The van der Waals surface area contributed by atoms with Crippen molar-refractivity contribution < 1.29 is 19.1 Å². The van der Waals surface area contributed by atoms with Crippen LogP contribution in [0, 0.1) is 0 Å². The smallest absolute Gasteiger partial charge is 0.411 e. The average molecular weight is 433 g/mol. The number of nitrogens with zero attached hydrogens (tertiary/aromatic N) is 2. The first-order valence-corrected chi connectivity index (χ1v) is 11.0. The summed E-state index contributed by atoms with van der Waals surface area (Å²) in [5.41, 5.74) is -0.538. The van der Waals surface area contributed by atoms with Crippen molar-refractivity contribution in [1.29, 1.82) is 0 Å². The number of hydrogen-bond acceptors (Lipinski definition) is 5. The molecular weight excluding hydrogens is 414 g/mol. The molecule has 2 fully saturated rings. The van der Waals surface area contributed by atoms with Crippen LogP contribution in [0.1, 0.15) is 23.5 Å². The summed E-state index contributed by atoms with van der Waals surface area (Å²) >= 11 is 1.44. The Hall–Kier alpha value is -3.36. The summed E-state index contributed by atoms with van der Waals surface area (Å²) in [4.78, 5) is 31.0. The third kappa shape index (κ3) is 2.06. The van der Waals surface area contributed by atoms with Gasteiger partial charge in [0.25, 0.3) is 5.72 Å². The number of carbonyl (C=O) groups is 2. The zero-order chi connectivity index (χ0) is 21.2. The molecule has 1 aromatic heterocycles. The molecule has 3 aromatic rings. The van der Waals surface area contributed by atoms with Crippen molar-refractivity contribution in [3.63, 3.8) is 0 Å². The van der Waals surface area contributed by atoms with Crippen molar-refractivity contribution >= 4 is 34.8 Å². The van der Waals surface area contributed by atoms with E-state index in [0.29, 0.717) is 18.0 Å². The van der Waals surface area contributed by atoms with Gasteiger partial charge in [-0.3, -0.25) is 10.2 Å². The summed E-state index contributed by atoms with van der Waals surface area (Å²) < 4.78 is 12.4. The van der Waals surface area contributed by atoms with Gasteiger partial charge in [0, 0.05) is 17.9 Å². The fraction of sp³-hybridized carbons (Fsp3) is 0.217. The van der Waals surface area contributed by atoms with E-state index < -0.39 is 23.6 Å². The van der Waals surface area contributed by atoms with E-state index in [4.69, 9.17) is 9.47 Å². The molecule has 3 unspecified atom stereocenters. The molecule has 156 valence electrons. The van der Waals surface area contributed by atoms with E-state index in [-0.39, 0.29) is 6.03 Å². The van der Waals surface area contributed by atoms with E-state index in [1.807, 2.05) is 79.0 Å². The van der Waals surface area contributed by atoms with Gasteiger partial charge in [-0.25, -0.2) is 14.5 Å². The normalized spacial score (nSPS) is 28.2. The molecule has 0 aliphatic carbocycles. The van der Waals surface area contributed by atoms with Crippen LogP contribution in [-0.2, 0) is 15.2 Å². The summed E-state index contributed by atoms with van der Waals surface area (Å²) in [6.45, 7) is 2.31. The van der Waals surface area contributed by atoms with Crippen LogP contribution in [0.3, 0.4) is 0 Å². The van der Waals surface area contributed by atoms with Crippen LogP contribution < -0.4 is 15.1 Å². The lowest BCUT2D eigenvalue weighted by Crippen LogP contribution is -2.64. The number of hydrogen-bond donors (Lipinski definition) is 1. The van der Waals surface area contributed by atoms with Crippen molar-refractivity contribution in [1.82, 2.24) is 5.32 Å². The van der Waals surface area contributed by atoms with Gasteiger partial charge in [0.05, 0.1) is 10.6 Å². The number of rotatable bonds is 4. The van der Waals surface area contributed by atoms with Gasteiger partial charge in [-0.05, 0) is 36.6 Å². The molecule has 7 nitrogen and oxygen atoms in total. The van der Waals surface area contributed by atoms with Gasteiger partial charge in [0.2, 0.25) is 5.66 Å². The Labute approximate surface area is 182 Å². The molecular formula is C23H19N3O4S. The highest BCUT2D eigenvalue weighted by atomic mass is 32.1. The number of anilines is 2. The summed E-state index contributed by atoms with van der Waals surface area (Å²) in [6.07, 6.45) is -1.20. The number of para-hydroxylation sites is 2. The number of nitrogens with one attached hydrogen (secondary N) is 1. The summed E-state index contributed by atoms with van der Waals surface area (Å²) in [5, 5.41) is 4.93. The first kappa shape index (κ1) is 18.4. The van der Waals surface area contributed by atoms with Gasteiger partial charge in [0.1, 0.15) is 6.10 Å². The van der Waals surface area contributed by atoms with Crippen LogP contribution in [0.5, 0.6) is 0 Å². The topological polar surface area (TPSA) is 71.1 Å². The van der Waals surface area contributed by atoms with Crippen LogP contribution in [-0.4, -0.2) is 24.4 Å². The zero-order valence-electron chi connectivity index (χ0n) is 16.6. The molecule has 3 atom stereocenters. The highest BCUT2D eigenvalue weighted by molar-refractivity contribution is 7.10. The Morgan fingerprint density at radius 2 is 1.81 bits per heavy atom. The second-order valence-corrected chi connectivity index (χ2v) is 8.53. The molecule has 0 bridgehead atoms. The van der Waals surface area contributed by atoms with Crippen molar-refractivity contribution in [3.8, 4) is 0 Å². The fourth-order valence-electron chi connectivity index (χ4n) is 5.14. The quantitative estimate of drug-likeness (QED) is 0.654. The van der Waals surface area contributed by atoms with E-state index in [9.17, 15) is 9.59 Å². The molecule has 0 saturated carbocycles. The van der Waals surface area contributed by atoms with Gasteiger partial charge in [-0.15, -0.1) is 11.3 Å². The van der Waals surface area contributed by atoms with Crippen molar-refractivity contribution in [3.05, 3.63) is 82.6 Å². The lowest BCUT2D eigenvalue weighted by atomic mass is 9.88. The van der Waals surface area contributed by atoms with E-state index in [2.05, 4.69) is 5.32 Å². The van der Waals surface area contributed by atoms with Crippen LogP contribution in [0.15, 0.2) is 72.1 Å². The van der Waals surface area contributed by atoms with Gasteiger partial charge in [0.15, 0.2) is 0 Å². The molecule has 8 heteroatoms. The maximum absolute atomic E-state index is 14.1. The van der Waals surface area contributed by atoms with Gasteiger partial charge in [-0.1, -0.05) is 42.5 Å². The highest BCUT2D eigenvalue weighted by Crippen LogP contribution is 2.64. The molecule has 6 rings (SSSR count). The summed E-state index contributed by atoms with van der Waals surface area (Å²) in [7, 11) is 0. The van der Waals surface area contributed by atoms with Crippen LogP contribution in [0.25, 0.3) is 0 Å². The Morgan fingerprint density at radius 1 is 1.03 bits per heavy atom. The van der Waals surface area contributed by atoms with Crippen LogP contribution >= 0.6 is 11.3 Å². The lowest BCUT2D eigenvalue weighted by molar-refractivity contribution is -0.0630. The maximum Gasteiger partial charge on any atom is 0.411 e. The molecule has 3 aliphatic rings. The number of thiophene rings is 1. The number of urea groups is 1. The standard InChI is InChI=1S/C23H19N3O4S/c1-2-29-19-16-11-6-7-12-17(16)26-21(28)25(15-9-4-3-5-10-15)23(18-13-8-14-31-18)22(19,26)24-20(27)30-23/h3-14,19H,2H2,1H3,(H,24,27). The van der Waals surface area contributed by atoms with E-state index in [1.54, 1.807) is 9.80 Å². The summed E-state index contributed by atoms with van der Waals surface area (Å²) in [6, 6.07) is 20.4. The van der Waals surface area contributed by atoms with Crippen molar-refractivity contribution in [2.45, 2.75) is 24.4 Å². The Kier molecular flexibility index (Phi) is 3.75. The molecule has 2 saturated heterocycles. The van der Waals surface area contributed by atoms with Gasteiger partial charge >= 0.3 is 12.1 Å². The van der Waals surface area contributed by atoms with Crippen molar-refractivity contribution in [2.24, 2.45) is 0 Å². The minimum Gasteiger partial charge on any atom is -0.412 e. The minimum atomic E-state index is -1.43. The van der Waals surface area contributed by atoms with E-state index in [0.717, 1.165) is 10.4 Å². The van der Waals surface area contributed by atoms with E-state index in [1.165, 1.54) is 11.3 Å². The highest BCUT2D eigenvalue weighted by Gasteiger charge is 2.82. The molecule has 3 amide bonds. The summed E-state index contributed by atoms with van der Waals surface area (Å²) in [5.74, 6) is 0. The number of ether oxygens (including phenoxy) is 2. The first-order chi connectivity index (χ1) is 15.1. The number of benzene rings is 2. The second kappa shape index (κ2) is 6.32. The first-order valence-electron chi connectivity index (χ1n) is 10.1. The lowest BCUT2D eigenvalue weighted by Gasteiger charge is -2.41. The molecule has 1 spiro atoms. The number of carbonyl (C=O) groups excluding carboxylic acids is 2. The second-order valence-electron chi connectivity index (χ2n) is 7.59. The third-order valence-electron chi connectivity index (χ3n) is 6.14. The SMILES string of the molecule is CCOC1c2ccccc2N2C(=O)N(c3ccccc3)C3(c4cccs4)OC(=O)NC123. The monoisotopic (exact) mass is 433 g/mol. The Morgan fingerprint density at radius 3 is 2.55 bits per heavy atom. The Bertz CT molecular complexity index is 1180. The number of fused-ring (bicyclic) bond motifs is 2. The largest absolute Gasteiger partial charge is 0.412 e. The molecule has 31 heavy (non-hydrogen) atoms. The van der Waals surface area contributed by atoms with Crippen molar-refractivity contribution in [2.75, 3.05) is 16.4 Å². The Balaban J connectivity index is 1.71. The fourth-order valence-corrected chi connectivity index (χ4v) is 6.05. The molecule has 1 N–H and O–H groups in total. The number of alkyl carbamates (subject to hydrolysis) is 1. The van der Waals surface area contributed by atoms with Gasteiger partial charge in [-0.2, -0.15) is 0 Å². The third-order valence-corrected chi connectivity index (χ3v) is 7.10.